The fourth-order valence-corrected chi connectivity index (χ4v) is 1.77. The topological polar surface area (TPSA) is 52.6 Å². The van der Waals surface area contributed by atoms with E-state index in [1.807, 2.05) is 6.92 Å². The molecule has 4 nitrogen and oxygen atoms in total. The van der Waals surface area contributed by atoms with E-state index in [0.717, 1.165) is 19.6 Å². The Morgan fingerprint density at radius 3 is 2.62 bits per heavy atom. The third-order valence-electron chi connectivity index (χ3n) is 3.28. The van der Waals surface area contributed by atoms with Crippen molar-refractivity contribution in [1.29, 1.82) is 0 Å². The minimum atomic E-state index is -0.774. The molecule has 0 aromatic carbocycles. The number of rotatable bonds is 6. The second-order valence-electron chi connectivity index (χ2n) is 4.93. The van der Waals surface area contributed by atoms with Gasteiger partial charge in [-0.25, -0.2) is 0 Å². The summed E-state index contributed by atoms with van der Waals surface area (Å²) in [5.41, 5.74) is -0.774. The van der Waals surface area contributed by atoms with E-state index in [1.54, 1.807) is 6.92 Å². The van der Waals surface area contributed by atoms with E-state index in [2.05, 4.69) is 10.2 Å². The van der Waals surface area contributed by atoms with Crippen LogP contribution in [-0.2, 0) is 4.79 Å². The highest BCUT2D eigenvalue weighted by molar-refractivity contribution is 5.76. The fraction of sp³-hybridized carbons (Fsp3) is 0.917. The minimum absolute atomic E-state index is 0.0422. The average Bonchev–Trinajstić information content (AvgIpc) is 2.76. The molecule has 4 heteroatoms. The van der Waals surface area contributed by atoms with Gasteiger partial charge in [-0.3, -0.25) is 4.79 Å². The predicted octanol–water partition coefficient (Wildman–Crippen LogP) is 0.749. The molecule has 1 aliphatic heterocycles. The first-order chi connectivity index (χ1) is 7.53. The van der Waals surface area contributed by atoms with Gasteiger partial charge in [0.1, 0.15) is 0 Å². The van der Waals surface area contributed by atoms with Gasteiger partial charge < -0.3 is 15.3 Å². The summed E-state index contributed by atoms with van der Waals surface area (Å²) in [7, 11) is 0. The average molecular weight is 228 g/mol. The Labute approximate surface area is 98.0 Å². The molecule has 0 saturated carbocycles. The van der Waals surface area contributed by atoms with Crippen molar-refractivity contribution in [2.24, 2.45) is 0 Å². The van der Waals surface area contributed by atoms with Crippen LogP contribution >= 0.6 is 0 Å². The second kappa shape index (κ2) is 6.21. The van der Waals surface area contributed by atoms with E-state index in [4.69, 9.17) is 0 Å². The lowest BCUT2D eigenvalue weighted by molar-refractivity contribution is -0.122. The maximum atomic E-state index is 11.5. The molecule has 0 aromatic rings. The molecular weight excluding hydrogens is 204 g/mol. The monoisotopic (exact) mass is 228 g/mol. The zero-order valence-electron chi connectivity index (χ0n) is 10.5. The van der Waals surface area contributed by atoms with E-state index in [-0.39, 0.29) is 5.91 Å². The Hall–Kier alpha value is -0.610. The predicted molar refractivity (Wildman–Crippen MR) is 64.2 cm³/mol. The summed E-state index contributed by atoms with van der Waals surface area (Å²) in [4.78, 5) is 13.8. The number of amides is 1. The molecule has 0 aliphatic carbocycles. The fourth-order valence-electron chi connectivity index (χ4n) is 1.77. The van der Waals surface area contributed by atoms with Crippen LogP contribution in [0.15, 0.2) is 0 Å². The molecule has 1 heterocycles. The van der Waals surface area contributed by atoms with Gasteiger partial charge in [-0.1, -0.05) is 6.92 Å². The van der Waals surface area contributed by atoms with Gasteiger partial charge in [-0.05, 0) is 39.3 Å². The molecule has 1 atom stereocenters. The van der Waals surface area contributed by atoms with Gasteiger partial charge in [0.05, 0.1) is 5.60 Å². The molecule has 0 spiro atoms. The highest BCUT2D eigenvalue weighted by Crippen LogP contribution is 2.08. The second-order valence-corrected chi connectivity index (χ2v) is 4.93. The summed E-state index contributed by atoms with van der Waals surface area (Å²) in [6.45, 7) is 7.10. The summed E-state index contributed by atoms with van der Waals surface area (Å²) in [6.07, 6.45) is 3.71. The number of likely N-dealkylation sites (tertiary alicyclic amines) is 1. The smallest absolute Gasteiger partial charge is 0.221 e. The quantitative estimate of drug-likeness (QED) is 0.705. The van der Waals surface area contributed by atoms with Gasteiger partial charge in [0.2, 0.25) is 5.91 Å². The summed E-state index contributed by atoms with van der Waals surface area (Å²) in [5.74, 6) is 0.0422. The molecule has 0 aromatic heterocycles. The number of aliphatic hydroxyl groups is 1. The Morgan fingerprint density at radius 1 is 1.44 bits per heavy atom. The number of nitrogens with one attached hydrogen (secondary N) is 1. The van der Waals surface area contributed by atoms with Gasteiger partial charge in [0.25, 0.3) is 0 Å². The number of carbonyl (C=O) groups excluding carboxylic acids is 1. The first kappa shape index (κ1) is 13.5. The molecule has 2 N–H and O–H groups in total. The molecule has 1 saturated heterocycles. The molecular formula is C12H24N2O2. The van der Waals surface area contributed by atoms with E-state index < -0.39 is 5.60 Å². The molecule has 1 unspecified atom stereocenters. The Balaban J connectivity index is 2.10. The Morgan fingerprint density at radius 2 is 2.06 bits per heavy atom. The van der Waals surface area contributed by atoms with E-state index in [9.17, 15) is 9.90 Å². The first-order valence-electron chi connectivity index (χ1n) is 6.25. The lowest BCUT2D eigenvalue weighted by Gasteiger charge is -2.22. The van der Waals surface area contributed by atoms with Crippen LogP contribution in [0.4, 0.5) is 0 Å². The number of nitrogens with zero attached hydrogens (tertiary/aromatic N) is 1. The lowest BCUT2D eigenvalue weighted by Crippen LogP contribution is -2.40. The largest absolute Gasteiger partial charge is 0.388 e. The van der Waals surface area contributed by atoms with Crippen molar-refractivity contribution in [2.75, 3.05) is 26.2 Å². The molecule has 94 valence electrons. The third-order valence-corrected chi connectivity index (χ3v) is 3.28. The van der Waals surface area contributed by atoms with Crippen LogP contribution in [0.1, 0.15) is 39.5 Å². The van der Waals surface area contributed by atoms with Gasteiger partial charge in [0, 0.05) is 19.5 Å². The molecule has 0 radical (unpaired) electrons. The molecule has 1 rings (SSSR count). The maximum absolute atomic E-state index is 11.5. The SMILES string of the molecule is CCC(C)(O)CNC(=O)CCN1CCCC1. The van der Waals surface area contributed by atoms with Crippen molar-refractivity contribution in [3.8, 4) is 0 Å². The van der Waals surface area contributed by atoms with Crippen LogP contribution in [0.3, 0.4) is 0 Å². The normalized spacial score (nSPS) is 20.7. The van der Waals surface area contributed by atoms with Crippen molar-refractivity contribution in [2.45, 2.75) is 45.1 Å². The van der Waals surface area contributed by atoms with Crippen molar-refractivity contribution >= 4 is 5.91 Å². The molecule has 1 fully saturated rings. The van der Waals surface area contributed by atoms with Crippen molar-refractivity contribution in [1.82, 2.24) is 10.2 Å². The maximum Gasteiger partial charge on any atom is 0.221 e. The van der Waals surface area contributed by atoms with Crippen LogP contribution in [0.5, 0.6) is 0 Å². The van der Waals surface area contributed by atoms with Crippen LogP contribution in [0.2, 0.25) is 0 Å². The Kier molecular flexibility index (Phi) is 5.22. The number of hydrogen-bond donors (Lipinski definition) is 2. The summed E-state index contributed by atoms with van der Waals surface area (Å²) < 4.78 is 0. The number of hydrogen-bond acceptors (Lipinski definition) is 3. The van der Waals surface area contributed by atoms with Gasteiger partial charge in [0.15, 0.2) is 0 Å². The zero-order valence-corrected chi connectivity index (χ0v) is 10.5. The van der Waals surface area contributed by atoms with Crippen LogP contribution in [0.25, 0.3) is 0 Å². The molecule has 16 heavy (non-hydrogen) atoms. The van der Waals surface area contributed by atoms with Crippen molar-refractivity contribution < 1.29 is 9.90 Å². The van der Waals surface area contributed by atoms with Gasteiger partial charge in [-0.15, -0.1) is 0 Å². The van der Waals surface area contributed by atoms with Gasteiger partial charge in [-0.2, -0.15) is 0 Å². The van der Waals surface area contributed by atoms with Crippen LogP contribution in [0, 0.1) is 0 Å². The van der Waals surface area contributed by atoms with Crippen LogP contribution < -0.4 is 5.32 Å². The standard InChI is InChI=1S/C12H24N2O2/c1-3-12(2,16)10-13-11(15)6-9-14-7-4-5-8-14/h16H,3-10H2,1-2H3,(H,13,15). The Bertz CT molecular complexity index is 223. The third kappa shape index (κ3) is 4.94. The lowest BCUT2D eigenvalue weighted by atomic mass is 10.0. The highest BCUT2D eigenvalue weighted by Gasteiger charge is 2.18. The molecule has 0 bridgehead atoms. The summed E-state index contributed by atoms with van der Waals surface area (Å²) in [5, 5.41) is 12.5. The number of carbonyl (C=O) groups is 1. The minimum Gasteiger partial charge on any atom is -0.388 e. The zero-order chi connectivity index (χ0) is 12.0. The van der Waals surface area contributed by atoms with Crippen molar-refractivity contribution in [3.05, 3.63) is 0 Å². The molecule has 1 amide bonds. The summed E-state index contributed by atoms with van der Waals surface area (Å²) in [6, 6.07) is 0. The van der Waals surface area contributed by atoms with E-state index >= 15 is 0 Å². The van der Waals surface area contributed by atoms with Crippen molar-refractivity contribution in [3.63, 3.8) is 0 Å². The highest BCUT2D eigenvalue weighted by atomic mass is 16.3. The molecule has 1 aliphatic rings. The van der Waals surface area contributed by atoms with Crippen LogP contribution in [-0.4, -0.2) is 47.7 Å². The summed E-state index contributed by atoms with van der Waals surface area (Å²) >= 11 is 0. The van der Waals surface area contributed by atoms with E-state index in [1.165, 1.54) is 12.8 Å². The first-order valence-corrected chi connectivity index (χ1v) is 6.25. The van der Waals surface area contributed by atoms with E-state index in [0.29, 0.717) is 19.4 Å². The van der Waals surface area contributed by atoms with Gasteiger partial charge >= 0.3 is 0 Å².